The number of likely N-dealkylation sites (N-methyl/N-ethyl adjacent to an activating group) is 1. The molecule has 0 aliphatic carbocycles. The minimum absolute atomic E-state index is 0.201. The Bertz CT molecular complexity index is 129. The van der Waals surface area contributed by atoms with Gasteiger partial charge in [0.15, 0.2) is 0 Å². The molecule has 0 amide bonds. The third kappa shape index (κ3) is 24.6. The van der Waals surface area contributed by atoms with Crippen LogP contribution in [0.2, 0.25) is 0 Å². The second-order valence-electron chi connectivity index (χ2n) is 3.67. The summed E-state index contributed by atoms with van der Waals surface area (Å²) in [6.45, 7) is 4.73. The van der Waals surface area contributed by atoms with Crippen LogP contribution in [0.5, 0.6) is 0 Å². The van der Waals surface area contributed by atoms with Crippen molar-refractivity contribution in [3.8, 4) is 0 Å². The molecule has 0 radical (unpaired) electrons. The van der Waals surface area contributed by atoms with E-state index in [9.17, 15) is 4.79 Å². The number of ether oxygens (including phenoxy) is 1. The molecule has 0 aromatic heterocycles. The van der Waals surface area contributed by atoms with Gasteiger partial charge < -0.3 is 14.3 Å². The average molecular weight is 192 g/mol. The maximum absolute atomic E-state index is 10.3. The summed E-state index contributed by atoms with van der Waals surface area (Å²) in [4.78, 5) is 10.3. The van der Waals surface area contributed by atoms with E-state index in [4.69, 9.17) is 9.84 Å². The van der Waals surface area contributed by atoms with Gasteiger partial charge in [-0.25, -0.2) is 0 Å². The fourth-order valence-corrected chi connectivity index (χ4v) is 0.463. The van der Waals surface area contributed by atoms with Gasteiger partial charge in [0, 0.05) is 13.5 Å². The Morgan fingerprint density at radius 3 is 2.00 bits per heavy atom. The number of carbonyl (C=O) groups is 1. The summed E-state index contributed by atoms with van der Waals surface area (Å²) in [5, 5.41) is 7.57. The number of hydrogen-bond acceptors (Lipinski definition) is 3. The molecule has 0 atom stereocenters. The molecule has 0 rings (SSSR count). The topological polar surface area (TPSA) is 46.5 Å². The number of quaternary nitrogens is 1. The molecule has 4 heteroatoms. The van der Waals surface area contributed by atoms with Gasteiger partial charge in [-0.3, -0.25) is 4.79 Å². The Morgan fingerprint density at radius 1 is 1.38 bits per heavy atom. The maximum atomic E-state index is 10.3. The van der Waals surface area contributed by atoms with E-state index in [0.29, 0.717) is 6.61 Å². The molecule has 0 unspecified atom stereocenters. The van der Waals surface area contributed by atoms with E-state index in [-0.39, 0.29) is 12.6 Å². The first kappa shape index (κ1) is 14.9. The lowest BCUT2D eigenvalue weighted by atomic mass is 10.5. The first-order valence-corrected chi connectivity index (χ1v) is 4.38. The summed E-state index contributed by atoms with van der Waals surface area (Å²) < 4.78 is 5.59. The first-order valence-electron chi connectivity index (χ1n) is 4.38. The summed E-state index contributed by atoms with van der Waals surface area (Å²) in [7, 11) is 6.18. The molecule has 0 saturated carbocycles. The van der Waals surface area contributed by atoms with Gasteiger partial charge in [0.05, 0.1) is 21.1 Å². The van der Waals surface area contributed by atoms with Gasteiger partial charge in [-0.1, -0.05) is 0 Å². The number of aliphatic hydroxyl groups excluding tert-OH is 1. The fraction of sp³-hybridized carbons (Fsp3) is 0.889. The zero-order valence-electron chi connectivity index (χ0n) is 9.33. The molecule has 0 aliphatic heterocycles. The third-order valence-corrected chi connectivity index (χ3v) is 1.07. The lowest BCUT2D eigenvalue weighted by Crippen LogP contribution is -2.37. The van der Waals surface area contributed by atoms with Crippen molar-refractivity contribution in [2.24, 2.45) is 0 Å². The Balaban J connectivity index is 0. The number of carbonyl (C=O) groups excluding carboxylic acids is 1. The SMILES string of the molecule is CC(=O)OCC[N+](C)(C)C.CCO. The van der Waals surface area contributed by atoms with E-state index in [1.807, 2.05) is 0 Å². The Hall–Kier alpha value is -0.610. The van der Waals surface area contributed by atoms with Crippen LogP contribution in [0, 0.1) is 0 Å². The zero-order chi connectivity index (χ0) is 10.9. The van der Waals surface area contributed by atoms with E-state index in [0.717, 1.165) is 11.0 Å². The van der Waals surface area contributed by atoms with E-state index in [2.05, 4.69) is 21.1 Å². The average Bonchev–Trinajstić information content (AvgIpc) is 1.84. The van der Waals surface area contributed by atoms with Crippen LogP contribution in [0.4, 0.5) is 0 Å². The van der Waals surface area contributed by atoms with Crippen molar-refractivity contribution in [2.45, 2.75) is 13.8 Å². The van der Waals surface area contributed by atoms with Crippen LogP contribution in [0.3, 0.4) is 0 Å². The van der Waals surface area contributed by atoms with Crippen molar-refractivity contribution in [3.63, 3.8) is 0 Å². The standard InChI is InChI=1S/C7H16NO2.C2H6O/c1-7(9)10-6-5-8(2,3)4;1-2-3/h5-6H2,1-4H3;3H,2H2,1H3/q+1;. The molecule has 0 aromatic rings. The smallest absolute Gasteiger partial charge is 0.302 e. The molecule has 0 spiro atoms. The highest BCUT2D eigenvalue weighted by atomic mass is 16.5. The van der Waals surface area contributed by atoms with Crippen molar-refractivity contribution in [1.29, 1.82) is 0 Å². The summed E-state index contributed by atoms with van der Waals surface area (Å²) >= 11 is 0. The highest BCUT2D eigenvalue weighted by Crippen LogP contribution is 1.88. The van der Waals surface area contributed by atoms with E-state index < -0.39 is 0 Å². The summed E-state index contributed by atoms with van der Waals surface area (Å²) in [5.74, 6) is -0.201. The second kappa shape index (κ2) is 8.01. The largest absolute Gasteiger partial charge is 0.460 e. The summed E-state index contributed by atoms with van der Waals surface area (Å²) in [5.41, 5.74) is 0. The lowest BCUT2D eigenvalue weighted by Gasteiger charge is -2.23. The molecule has 0 saturated heterocycles. The molecule has 0 fully saturated rings. The fourth-order valence-electron chi connectivity index (χ4n) is 0.463. The minimum atomic E-state index is -0.201. The first-order chi connectivity index (χ1) is 5.83. The zero-order valence-corrected chi connectivity index (χ0v) is 9.33. The van der Waals surface area contributed by atoms with Crippen molar-refractivity contribution in [3.05, 3.63) is 0 Å². The van der Waals surface area contributed by atoms with Crippen molar-refractivity contribution < 1.29 is 19.1 Å². The molecule has 0 aromatic carbocycles. The highest BCUT2D eigenvalue weighted by molar-refractivity contribution is 5.65. The summed E-state index contributed by atoms with van der Waals surface area (Å²) in [6.07, 6.45) is 0. The molecule has 80 valence electrons. The van der Waals surface area contributed by atoms with Gasteiger partial charge in [-0.2, -0.15) is 0 Å². The molecule has 0 aliphatic rings. The number of rotatable bonds is 3. The molecule has 0 heterocycles. The van der Waals surface area contributed by atoms with Crippen molar-refractivity contribution in [1.82, 2.24) is 0 Å². The van der Waals surface area contributed by atoms with E-state index in [1.54, 1.807) is 6.92 Å². The molecule has 0 bridgehead atoms. The Labute approximate surface area is 80.7 Å². The second-order valence-corrected chi connectivity index (χ2v) is 3.67. The lowest BCUT2D eigenvalue weighted by molar-refractivity contribution is -0.870. The van der Waals surface area contributed by atoms with Gasteiger partial charge >= 0.3 is 5.97 Å². The number of nitrogens with zero attached hydrogens (tertiary/aromatic N) is 1. The van der Waals surface area contributed by atoms with Crippen LogP contribution >= 0.6 is 0 Å². The molecule has 1 N–H and O–H groups in total. The van der Waals surface area contributed by atoms with Gasteiger partial charge in [0.1, 0.15) is 13.2 Å². The van der Waals surface area contributed by atoms with Crippen LogP contribution in [0.1, 0.15) is 13.8 Å². The highest BCUT2D eigenvalue weighted by Gasteiger charge is 2.06. The van der Waals surface area contributed by atoms with Crippen LogP contribution in [-0.4, -0.2) is 56.5 Å². The minimum Gasteiger partial charge on any atom is -0.460 e. The van der Waals surface area contributed by atoms with E-state index >= 15 is 0 Å². The van der Waals surface area contributed by atoms with Gasteiger partial charge in [-0.15, -0.1) is 0 Å². The third-order valence-electron chi connectivity index (χ3n) is 1.07. The number of esters is 1. The van der Waals surface area contributed by atoms with Crippen molar-refractivity contribution >= 4 is 5.97 Å². The molecular weight excluding hydrogens is 170 g/mol. The molecule has 4 nitrogen and oxygen atoms in total. The maximum Gasteiger partial charge on any atom is 0.302 e. The normalized spacial score (nSPS) is 10.0. The van der Waals surface area contributed by atoms with Crippen molar-refractivity contribution in [2.75, 3.05) is 40.9 Å². The van der Waals surface area contributed by atoms with E-state index in [1.165, 1.54) is 6.92 Å². The van der Waals surface area contributed by atoms with Crippen LogP contribution in [-0.2, 0) is 9.53 Å². The molecule has 13 heavy (non-hydrogen) atoms. The van der Waals surface area contributed by atoms with Crippen LogP contribution in [0.25, 0.3) is 0 Å². The Kier molecular flexibility index (Phi) is 9.17. The Morgan fingerprint density at radius 2 is 1.77 bits per heavy atom. The van der Waals surface area contributed by atoms with Crippen LogP contribution in [0.15, 0.2) is 0 Å². The monoisotopic (exact) mass is 192 g/mol. The summed E-state index contributed by atoms with van der Waals surface area (Å²) in [6, 6.07) is 0. The van der Waals surface area contributed by atoms with Gasteiger partial charge in [-0.05, 0) is 6.92 Å². The predicted octanol–water partition coefficient (Wildman–Crippen LogP) is 0.254. The quantitative estimate of drug-likeness (QED) is 0.515. The number of hydrogen-bond donors (Lipinski definition) is 1. The van der Waals surface area contributed by atoms with Gasteiger partial charge in [0.25, 0.3) is 0 Å². The number of aliphatic hydroxyl groups is 1. The molecular formula is C9H22NO3+. The predicted molar refractivity (Wildman–Crippen MR) is 52.3 cm³/mol. The van der Waals surface area contributed by atoms with Gasteiger partial charge in [0.2, 0.25) is 0 Å². The van der Waals surface area contributed by atoms with Crippen LogP contribution < -0.4 is 0 Å².